The van der Waals surface area contributed by atoms with Crippen LogP contribution in [0.4, 0.5) is 0 Å². The summed E-state index contributed by atoms with van der Waals surface area (Å²) in [6, 6.07) is 5.73. The van der Waals surface area contributed by atoms with Gasteiger partial charge < -0.3 is 0 Å². The van der Waals surface area contributed by atoms with E-state index in [9.17, 15) is 4.79 Å². The smallest absolute Gasteiger partial charge is 0.150 e. The zero-order valence-electron chi connectivity index (χ0n) is 8.59. The normalized spacial score (nSPS) is 10.6. The lowest BCUT2D eigenvalue weighted by Crippen LogP contribution is -1.94. The molecule has 0 amide bonds. The van der Waals surface area contributed by atoms with Gasteiger partial charge in [-0.1, -0.05) is 35.8 Å². The molecule has 0 heterocycles. The van der Waals surface area contributed by atoms with E-state index in [-0.39, 0.29) is 0 Å². The van der Waals surface area contributed by atoms with E-state index in [2.05, 4.69) is 29.8 Å². The molecular formula is C12H15BrO. The Bertz CT molecular complexity index is 318. The summed E-state index contributed by atoms with van der Waals surface area (Å²) < 4.78 is 1.10. The quantitative estimate of drug-likeness (QED) is 0.747. The van der Waals surface area contributed by atoms with Crippen LogP contribution in [0, 0.1) is 5.92 Å². The van der Waals surface area contributed by atoms with Crippen molar-refractivity contribution in [3.05, 3.63) is 33.8 Å². The number of benzene rings is 1. The SMILES string of the molecule is CC(C)CCc1cc(C=O)ccc1Br. The van der Waals surface area contributed by atoms with Crippen LogP contribution in [-0.2, 0) is 6.42 Å². The summed E-state index contributed by atoms with van der Waals surface area (Å²) in [5.74, 6) is 0.696. The molecule has 0 saturated heterocycles. The average Bonchev–Trinajstić information content (AvgIpc) is 2.16. The highest BCUT2D eigenvalue weighted by atomic mass is 79.9. The van der Waals surface area contributed by atoms with Gasteiger partial charge in [0.2, 0.25) is 0 Å². The van der Waals surface area contributed by atoms with Gasteiger partial charge in [0.25, 0.3) is 0 Å². The molecule has 0 spiro atoms. The van der Waals surface area contributed by atoms with Crippen LogP contribution in [0.3, 0.4) is 0 Å². The summed E-state index contributed by atoms with van der Waals surface area (Å²) in [7, 11) is 0. The first-order chi connectivity index (χ1) is 6.63. The Morgan fingerprint density at radius 2 is 2.14 bits per heavy atom. The van der Waals surface area contributed by atoms with Gasteiger partial charge in [-0.05, 0) is 36.5 Å². The van der Waals surface area contributed by atoms with E-state index in [0.717, 1.165) is 29.2 Å². The molecule has 0 aromatic heterocycles. The maximum absolute atomic E-state index is 10.6. The second kappa shape index (κ2) is 5.30. The van der Waals surface area contributed by atoms with E-state index in [1.807, 2.05) is 18.2 Å². The van der Waals surface area contributed by atoms with Crippen molar-refractivity contribution in [2.45, 2.75) is 26.7 Å². The molecule has 0 atom stereocenters. The minimum absolute atomic E-state index is 0.696. The summed E-state index contributed by atoms with van der Waals surface area (Å²) in [5.41, 5.74) is 1.98. The van der Waals surface area contributed by atoms with Crippen LogP contribution < -0.4 is 0 Å². The van der Waals surface area contributed by atoms with Gasteiger partial charge in [-0.25, -0.2) is 0 Å². The van der Waals surface area contributed by atoms with E-state index in [4.69, 9.17) is 0 Å². The molecule has 2 heteroatoms. The molecule has 0 aliphatic heterocycles. The third-order valence-electron chi connectivity index (χ3n) is 2.20. The van der Waals surface area contributed by atoms with Crippen LogP contribution in [0.5, 0.6) is 0 Å². The van der Waals surface area contributed by atoms with Crippen molar-refractivity contribution in [3.63, 3.8) is 0 Å². The molecule has 1 aromatic rings. The number of carbonyl (C=O) groups excluding carboxylic acids is 1. The van der Waals surface area contributed by atoms with Crippen molar-refractivity contribution in [1.29, 1.82) is 0 Å². The van der Waals surface area contributed by atoms with Crippen LogP contribution in [0.1, 0.15) is 36.2 Å². The molecule has 1 aromatic carbocycles. The number of halogens is 1. The first-order valence-corrected chi connectivity index (χ1v) is 5.66. The predicted octanol–water partition coefficient (Wildman–Crippen LogP) is 3.85. The summed E-state index contributed by atoms with van der Waals surface area (Å²) in [6.45, 7) is 4.41. The van der Waals surface area contributed by atoms with Gasteiger partial charge in [0.05, 0.1) is 0 Å². The van der Waals surface area contributed by atoms with E-state index >= 15 is 0 Å². The number of aryl methyl sites for hydroxylation is 1. The standard InChI is InChI=1S/C12H15BrO/c1-9(2)3-5-11-7-10(8-14)4-6-12(11)13/h4,6-9H,3,5H2,1-2H3. The van der Waals surface area contributed by atoms with Crippen LogP contribution in [0.25, 0.3) is 0 Å². The second-order valence-electron chi connectivity index (χ2n) is 3.90. The topological polar surface area (TPSA) is 17.1 Å². The highest BCUT2D eigenvalue weighted by Gasteiger charge is 2.02. The maximum Gasteiger partial charge on any atom is 0.150 e. The van der Waals surface area contributed by atoms with E-state index < -0.39 is 0 Å². The highest BCUT2D eigenvalue weighted by molar-refractivity contribution is 9.10. The van der Waals surface area contributed by atoms with Gasteiger partial charge >= 0.3 is 0 Å². The summed E-state index contributed by atoms with van der Waals surface area (Å²) in [6.07, 6.45) is 3.08. The van der Waals surface area contributed by atoms with Crippen LogP contribution in [0.15, 0.2) is 22.7 Å². The molecule has 0 aliphatic carbocycles. The van der Waals surface area contributed by atoms with Gasteiger partial charge in [0.1, 0.15) is 6.29 Å². The van der Waals surface area contributed by atoms with Gasteiger partial charge in [-0.2, -0.15) is 0 Å². The maximum atomic E-state index is 10.6. The Morgan fingerprint density at radius 3 is 2.71 bits per heavy atom. The number of carbonyl (C=O) groups is 1. The molecule has 1 rings (SSSR count). The molecule has 14 heavy (non-hydrogen) atoms. The molecule has 0 radical (unpaired) electrons. The minimum atomic E-state index is 0.696. The number of rotatable bonds is 4. The molecule has 0 aliphatic rings. The summed E-state index contributed by atoms with van der Waals surface area (Å²) >= 11 is 3.49. The van der Waals surface area contributed by atoms with Crippen LogP contribution in [0.2, 0.25) is 0 Å². The van der Waals surface area contributed by atoms with Gasteiger partial charge in [-0.15, -0.1) is 0 Å². The van der Waals surface area contributed by atoms with Crippen molar-refractivity contribution in [2.24, 2.45) is 5.92 Å². The van der Waals surface area contributed by atoms with Gasteiger partial charge in [0.15, 0.2) is 0 Å². The fourth-order valence-corrected chi connectivity index (χ4v) is 1.75. The molecule has 0 bridgehead atoms. The minimum Gasteiger partial charge on any atom is -0.298 e. The largest absolute Gasteiger partial charge is 0.298 e. The first kappa shape index (κ1) is 11.4. The Labute approximate surface area is 93.7 Å². The third kappa shape index (κ3) is 3.26. The lowest BCUT2D eigenvalue weighted by Gasteiger charge is -2.07. The molecular weight excluding hydrogens is 240 g/mol. The average molecular weight is 255 g/mol. The van der Waals surface area contributed by atoms with Crippen molar-refractivity contribution in [3.8, 4) is 0 Å². The Kier molecular flexibility index (Phi) is 4.33. The van der Waals surface area contributed by atoms with Crippen LogP contribution >= 0.6 is 15.9 Å². The van der Waals surface area contributed by atoms with Gasteiger partial charge in [-0.3, -0.25) is 4.79 Å². The first-order valence-electron chi connectivity index (χ1n) is 4.87. The van der Waals surface area contributed by atoms with E-state index in [1.54, 1.807) is 0 Å². The van der Waals surface area contributed by atoms with Crippen molar-refractivity contribution in [1.82, 2.24) is 0 Å². The predicted molar refractivity (Wildman–Crippen MR) is 62.7 cm³/mol. The number of hydrogen-bond donors (Lipinski definition) is 0. The molecule has 76 valence electrons. The Balaban J connectivity index is 2.78. The van der Waals surface area contributed by atoms with Crippen molar-refractivity contribution < 1.29 is 4.79 Å². The zero-order chi connectivity index (χ0) is 10.6. The molecule has 0 fully saturated rings. The Morgan fingerprint density at radius 1 is 1.43 bits per heavy atom. The molecule has 0 N–H and O–H groups in total. The summed E-state index contributed by atoms with van der Waals surface area (Å²) in [5, 5.41) is 0. The fraction of sp³-hybridized carbons (Fsp3) is 0.417. The van der Waals surface area contributed by atoms with E-state index in [0.29, 0.717) is 5.92 Å². The molecule has 0 saturated carbocycles. The summed E-state index contributed by atoms with van der Waals surface area (Å²) in [4.78, 5) is 10.6. The van der Waals surface area contributed by atoms with Crippen LogP contribution in [-0.4, -0.2) is 6.29 Å². The second-order valence-corrected chi connectivity index (χ2v) is 4.76. The lowest BCUT2D eigenvalue weighted by atomic mass is 10.0. The zero-order valence-corrected chi connectivity index (χ0v) is 10.2. The Hall–Kier alpha value is -0.630. The molecule has 1 nitrogen and oxygen atoms in total. The monoisotopic (exact) mass is 254 g/mol. The number of hydrogen-bond acceptors (Lipinski definition) is 1. The molecule has 0 unspecified atom stereocenters. The number of aldehydes is 1. The lowest BCUT2D eigenvalue weighted by molar-refractivity contribution is 0.112. The highest BCUT2D eigenvalue weighted by Crippen LogP contribution is 2.20. The van der Waals surface area contributed by atoms with E-state index in [1.165, 1.54) is 5.56 Å². The third-order valence-corrected chi connectivity index (χ3v) is 2.97. The van der Waals surface area contributed by atoms with Crippen molar-refractivity contribution in [2.75, 3.05) is 0 Å². The van der Waals surface area contributed by atoms with Crippen molar-refractivity contribution >= 4 is 22.2 Å². The fourth-order valence-electron chi connectivity index (χ4n) is 1.30. The van der Waals surface area contributed by atoms with Gasteiger partial charge in [0, 0.05) is 10.0 Å².